The third-order valence-electron chi connectivity index (χ3n) is 13.0. The summed E-state index contributed by atoms with van der Waals surface area (Å²) >= 11 is 0. The largest absolute Gasteiger partial charge is 0.510 e. The van der Waals surface area contributed by atoms with Crippen molar-refractivity contribution in [1.29, 1.82) is 0 Å². The van der Waals surface area contributed by atoms with Crippen molar-refractivity contribution in [3.05, 3.63) is 249 Å². The molecule has 12 rings (SSSR count). The van der Waals surface area contributed by atoms with Crippen LogP contribution < -0.4 is 9.30 Å². The molecule has 0 spiro atoms. The fourth-order valence-electron chi connectivity index (χ4n) is 9.51. The first-order valence-electron chi connectivity index (χ1n) is 23.4. The minimum atomic E-state index is -0.211. The summed E-state index contributed by atoms with van der Waals surface area (Å²) in [4.78, 5) is 4.73. The van der Waals surface area contributed by atoms with Gasteiger partial charge in [0.2, 0.25) is 0 Å². The number of pyridine rings is 1. The van der Waals surface area contributed by atoms with Gasteiger partial charge in [-0.05, 0) is 79.2 Å². The summed E-state index contributed by atoms with van der Waals surface area (Å²) in [5.41, 5.74) is 15.8. The number of para-hydroxylation sites is 4. The van der Waals surface area contributed by atoms with Crippen molar-refractivity contribution >= 4 is 32.8 Å². The predicted octanol–water partition coefficient (Wildman–Crippen LogP) is 15.6. The quantitative estimate of drug-likeness (QED) is 0.107. The maximum atomic E-state index is 6.83. The van der Waals surface area contributed by atoms with Crippen LogP contribution in [0.1, 0.15) is 26.3 Å². The Morgan fingerprint density at radius 1 is 0.486 bits per heavy atom. The zero-order valence-corrected chi connectivity index (χ0v) is 41.1. The Hall–Kier alpha value is -8.11. The molecule has 0 unspecified atom stereocenters. The summed E-state index contributed by atoms with van der Waals surface area (Å²) in [6.07, 6.45) is 5.70. The third kappa shape index (κ3) is 8.23. The molecule has 0 fully saturated rings. The number of nitrogens with zero attached hydrogens (tertiary/aromatic N) is 4. The van der Waals surface area contributed by atoms with Gasteiger partial charge in [0.1, 0.15) is 5.82 Å². The normalized spacial score (nSPS) is 11.5. The fourth-order valence-corrected chi connectivity index (χ4v) is 9.51. The minimum Gasteiger partial charge on any atom is -0.510 e. The molecule has 0 aliphatic heterocycles. The molecule has 5 nitrogen and oxygen atoms in total. The van der Waals surface area contributed by atoms with Crippen LogP contribution >= 0.6 is 0 Å². The van der Waals surface area contributed by atoms with E-state index in [-0.39, 0.29) is 26.5 Å². The van der Waals surface area contributed by atoms with Crippen LogP contribution in [0.4, 0.5) is 0 Å². The van der Waals surface area contributed by atoms with Crippen LogP contribution in [0.15, 0.2) is 225 Å². The molecule has 0 saturated carbocycles. The third-order valence-corrected chi connectivity index (χ3v) is 13.0. The van der Waals surface area contributed by atoms with Gasteiger partial charge in [0.25, 0.3) is 6.33 Å². The predicted molar refractivity (Wildman–Crippen MR) is 280 cm³/mol. The Morgan fingerprint density at radius 2 is 1.06 bits per heavy atom. The first kappa shape index (κ1) is 44.4. The topological polar surface area (TPSA) is 35.9 Å². The number of fused-ring (bicyclic) bond motifs is 4. The number of rotatable bonds is 9. The SMILES string of the molecule is CC(C)(C)c1cc(Oc2[c-]c3c(cc2)c2ccccc2n3-c2ccccn2)[c-]c(-n2[c-][n+](-c3c(-c4ccc(-c5ccccc5)cc4)cccc3-c3ccc(-c4ccccc4)cc3)c3ccccc32)c1.[Pt]. The molecule has 9 aromatic carbocycles. The molecule has 340 valence electrons. The number of aromatic nitrogens is 4. The van der Waals surface area contributed by atoms with E-state index in [0.29, 0.717) is 11.5 Å². The van der Waals surface area contributed by atoms with Gasteiger partial charge in [-0.2, -0.15) is 17.7 Å². The monoisotopic (exact) mass is 1080 g/mol. The molecule has 12 aromatic rings. The van der Waals surface area contributed by atoms with Crippen LogP contribution in [0, 0.1) is 18.5 Å². The van der Waals surface area contributed by atoms with Crippen molar-refractivity contribution in [3.63, 3.8) is 0 Å². The van der Waals surface area contributed by atoms with Gasteiger partial charge in [0, 0.05) is 44.3 Å². The van der Waals surface area contributed by atoms with E-state index in [9.17, 15) is 0 Å². The van der Waals surface area contributed by atoms with E-state index in [1.54, 1.807) is 0 Å². The van der Waals surface area contributed by atoms with Crippen molar-refractivity contribution in [1.82, 2.24) is 14.1 Å². The van der Waals surface area contributed by atoms with Gasteiger partial charge >= 0.3 is 0 Å². The van der Waals surface area contributed by atoms with Crippen molar-refractivity contribution in [2.45, 2.75) is 26.2 Å². The first-order chi connectivity index (χ1) is 33.8. The van der Waals surface area contributed by atoms with E-state index in [0.717, 1.165) is 77.8 Å². The summed E-state index contributed by atoms with van der Waals surface area (Å²) in [7, 11) is 0. The molecule has 0 saturated heterocycles. The molecule has 0 amide bonds. The standard InChI is InChI=1S/C64H46N4O.Pt/c1-64(2,3)50-39-51(41-53(40-50)69-52-36-37-57-56-21-10-11-24-58(56)68(61(57)42-52)62-27-14-15-38-65-62)66-43-67(60-26-13-12-25-59(60)66)63-54(48-32-28-46(29-33-48)44-17-6-4-7-18-44)22-16-23-55(63)49-34-30-47(31-35-49)45-19-8-5-9-20-45;/h4-40H,1-3H3;/q-2;. The van der Waals surface area contributed by atoms with E-state index in [1.165, 1.54) is 22.3 Å². The summed E-state index contributed by atoms with van der Waals surface area (Å²) in [6.45, 7) is 6.68. The van der Waals surface area contributed by atoms with Gasteiger partial charge in [-0.3, -0.25) is 4.57 Å². The van der Waals surface area contributed by atoms with E-state index in [2.05, 4.69) is 247 Å². The summed E-state index contributed by atoms with van der Waals surface area (Å²) < 4.78 is 13.3. The molecule has 0 N–H and O–H groups in total. The molecule has 70 heavy (non-hydrogen) atoms. The Kier molecular flexibility index (Phi) is 11.7. The number of benzene rings is 9. The number of ether oxygens (including phenoxy) is 1. The van der Waals surface area contributed by atoms with E-state index in [4.69, 9.17) is 9.72 Å². The van der Waals surface area contributed by atoms with Gasteiger partial charge in [0.05, 0.1) is 16.7 Å². The molecular formula is C64H46N4OPt-2. The Bertz CT molecular complexity index is 3720. The molecular weight excluding hydrogens is 1040 g/mol. The molecule has 0 aliphatic carbocycles. The van der Waals surface area contributed by atoms with Crippen LogP contribution in [0.2, 0.25) is 0 Å². The summed E-state index contributed by atoms with van der Waals surface area (Å²) in [5, 5.41) is 2.21. The van der Waals surface area contributed by atoms with Gasteiger partial charge in [0.15, 0.2) is 0 Å². The van der Waals surface area contributed by atoms with Crippen molar-refractivity contribution in [3.8, 4) is 73.2 Å². The molecule has 3 heterocycles. The van der Waals surface area contributed by atoms with Crippen molar-refractivity contribution in [2.75, 3.05) is 0 Å². The van der Waals surface area contributed by atoms with Gasteiger partial charge in [-0.25, -0.2) is 4.98 Å². The molecule has 3 aromatic heterocycles. The second kappa shape index (κ2) is 18.4. The Labute approximate surface area is 422 Å². The average molecular weight is 1080 g/mol. The molecule has 0 atom stereocenters. The van der Waals surface area contributed by atoms with E-state index in [1.807, 2.05) is 30.5 Å². The van der Waals surface area contributed by atoms with Crippen molar-refractivity contribution in [2.24, 2.45) is 0 Å². The van der Waals surface area contributed by atoms with Gasteiger partial charge in [-0.15, -0.1) is 29.7 Å². The number of hydrogen-bond donors (Lipinski definition) is 0. The molecule has 0 bridgehead atoms. The zero-order valence-electron chi connectivity index (χ0n) is 38.9. The van der Waals surface area contributed by atoms with E-state index >= 15 is 0 Å². The van der Waals surface area contributed by atoms with Gasteiger partial charge < -0.3 is 13.9 Å². The second-order valence-electron chi connectivity index (χ2n) is 18.4. The van der Waals surface area contributed by atoms with Crippen LogP contribution in [0.3, 0.4) is 0 Å². The summed E-state index contributed by atoms with van der Waals surface area (Å²) in [5.74, 6) is 1.99. The zero-order chi connectivity index (χ0) is 46.5. The van der Waals surface area contributed by atoms with Crippen LogP contribution in [0.25, 0.3) is 94.5 Å². The molecule has 0 radical (unpaired) electrons. The summed E-state index contributed by atoms with van der Waals surface area (Å²) in [6, 6.07) is 84.1. The Balaban J connectivity index is 0.00000533. The van der Waals surface area contributed by atoms with Crippen LogP contribution in [-0.2, 0) is 26.5 Å². The van der Waals surface area contributed by atoms with E-state index < -0.39 is 0 Å². The second-order valence-corrected chi connectivity index (χ2v) is 18.4. The first-order valence-corrected chi connectivity index (χ1v) is 23.4. The maximum Gasteiger partial charge on any atom is 0.268 e. The Morgan fingerprint density at radius 3 is 1.69 bits per heavy atom. The van der Waals surface area contributed by atoms with Crippen LogP contribution in [0.5, 0.6) is 11.5 Å². The van der Waals surface area contributed by atoms with Gasteiger partial charge in [-0.1, -0.05) is 202 Å². The average Bonchev–Trinajstić information content (AvgIpc) is 3.95. The maximum absolute atomic E-state index is 6.83. The van der Waals surface area contributed by atoms with Crippen molar-refractivity contribution < 1.29 is 30.4 Å². The fraction of sp³-hybridized carbons (Fsp3) is 0.0625. The molecule has 0 aliphatic rings. The minimum absolute atomic E-state index is 0. The number of imidazole rings is 1. The smallest absolute Gasteiger partial charge is 0.268 e. The number of hydrogen-bond acceptors (Lipinski definition) is 2. The molecule has 6 heteroatoms. The van der Waals surface area contributed by atoms with Crippen LogP contribution in [-0.4, -0.2) is 14.1 Å².